The molecule has 0 saturated carbocycles. The molecule has 1 aliphatic carbocycles. The Morgan fingerprint density at radius 2 is 1.50 bits per heavy atom. The molecule has 2 N–H and O–H groups in total. The van der Waals surface area contributed by atoms with Gasteiger partial charge in [0.25, 0.3) is 0 Å². The standard InChI is InChI=1S/C23H22N4O/c24-23(28)16-9-10-25-21(15-16)26-11-13-27(14-12-26)22-19-7-3-1-5-17(19)18-6-2-4-8-20(18)22/h1-10,15,22H,11-14H2,(H2,24,28). The molecule has 5 rings (SSSR count). The van der Waals surface area contributed by atoms with Gasteiger partial charge < -0.3 is 10.6 Å². The highest BCUT2D eigenvalue weighted by molar-refractivity contribution is 5.93. The van der Waals surface area contributed by atoms with Crippen LogP contribution < -0.4 is 10.6 Å². The lowest BCUT2D eigenvalue weighted by molar-refractivity contribution is 0.1000. The average Bonchev–Trinajstić information content (AvgIpc) is 3.08. The quantitative estimate of drug-likeness (QED) is 0.770. The van der Waals surface area contributed by atoms with Gasteiger partial charge in [0.05, 0.1) is 6.04 Å². The third-order valence-corrected chi connectivity index (χ3v) is 5.83. The number of benzene rings is 2. The number of aromatic nitrogens is 1. The Kier molecular flexibility index (Phi) is 4.10. The molecule has 0 spiro atoms. The second-order valence-electron chi connectivity index (χ2n) is 7.37. The first-order valence-electron chi connectivity index (χ1n) is 9.65. The van der Waals surface area contributed by atoms with Crippen molar-refractivity contribution in [1.29, 1.82) is 0 Å². The van der Waals surface area contributed by atoms with Crippen LogP contribution in [-0.2, 0) is 0 Å². The molecule has 5 heteroatoms. The Morgan fingerprint density at radius 1 is 0.893 bits per heavy atom. The molecule has 3 aromatic rings. The van der Waals surface area contributed by atoms with E-state index >= 15 is 0 Å². The van der Waals surface area contributed by atoms with Crippen molar-refractivity contribution in [2.24, 2.45) is 5.73 Å². The summed E-state index contributed by atoms with van der Waals surface area (Å²) in [6.45, 7) is 3.62. The summed E-state index contributed by atoms with van der Waals surface area (Å²) in [5, 5.41) is 0. The molecule has 0 radical (unpaired) electrons. The van der Waals surface area contributed by atoms with Crippen LogP contribution in [-0.4, -0.2) is 42.0 Å². The zero-order chi connectivity index (χ0) is 19.1. The third kappa shape index (κ3) is 2.75. The average molecular weight is 370 g/mol. The van der Waals surface area contributed by atoms with Gasteiger partial charge >= 0.3 is 0 Å². The van der Waals surface area contributed by atoms with Crippen molar-refractivity contribution in [2.45, 2.75) is 6.04 Å². The molecule has 2 aromatic carbocycles. The van der Waals surface area contributed by atoms with Crippen LogP contribution in [0.3, 0.4) is 0 Å². The van der Waals surface area contributed by atoms with Gasteiger partial charge in [0.1, 0.15) is 5.82 Å². The number of hydrogen-bond acceptors (Lipinski definition) is 4. The van der Waals surface area contributed by atoms with E-state index in [9.17, 15) is 4.79 Å². The largest absolute Gasteiger partial charge is 0.366 e. The molecule has 5 nitrogen and oxygen atoms in total. The van der Waals surface area contributed by atoms with Gasteiger partial charge in [0.15, 0.2) is 0 Å². The van der Waals surface area contributed by atoms with E-state index in [1.807, 2.05) is 0 Å². The number of anilines is 1. The van der Waals surface area contributed by atoms with Crippen LogP contribution in [0.4, 0.5) is 5.82 Å². The van der Waals surface area contributed by atoms with Gasteiger partial charge in [0.2, 0.25) is 5.91 Å². The number of fused-ring (bicyclic) bond motifs is 3. The maximum Gasteiger partial charge on any atom is 0.248 e. The van der Waals surface area contributed by atoms with Crippen molar-refractivity contribution in [2.75, 3.05) is 31.1 Å². The Bertz CT molecular complexity index is 995. The molecule has 2 aliphatic rings. The van der Waals surface area contributed by atoms with E-state index in [-0.39, 0.29) is 0 Å². The first-order valence-corrected chi connectivity index (χ1v) is 9.65. The summed E-state index contributed by atoms with van der Waals surface area (Å²) in [7, 11) is 0. The first kappa shape index (κ1) is 17.0. The molecule has 1 amide bonds. The van der Waals surface area contributed by atoms with E-state index in [1.165, 1.54) is 22.3 Å². The van der Waals surface area contributed by atoms with Crippen LogP contribution in [0.25, 0.3) is 11.1 Å². The molecule has 0 unspecified atom stereocenters. The molecule has 1 saturated heterocycles. The Balaban J connectivity index is 1.39. The molecule has 0 bridgehead atoms. The fourth-order valence-corrected chi connectivity index (χ4v) is 4.48. The van der Waals surface area contributed by atoms with E-state index in [0.29, 0.717) is 11.6 Å². The van der Waals surface area contributed by atoms with Crippen LogP contribution in [0.15, 0.2) is 66.9 Å². The fraction of sp³-hybridized carbons (Fsp3) is 0.217. The van der Waals surface area contributed by atoms with Crippen molar-refractivity contribution in [3.8, 4) is 11.1 Å². The molecule has 1 fully saturated rings. The van der Waals surface area contributed by atoms with Gasteiger partial charge in [-0.2, -0.15) is 0 Å². The van der Waals surface area contributed by atoms with E-state index in [4.69, 9.17) is 5.73 Å². The SMILES string of the molecule is NC(=O)c1ccnc(N2CCN(C3c4ccccc4-c4ccccc43)CC2)c1. The minimum atomic E-state index is -0.415. The smallest absolute Gasteiger partial charge is 0.248 e. The lowest BCUT2D eigenvalue weighted by atomic mass is 10.0. The minimum absolute atomic E-state index is 0.305. The highest BCUT2D eigenvalue weighted by Gasteiger charge is 2.34. The Hall–Kier alpha value is -3.18. The summed E-state index contributed by atoms with van der Waals surface area (Å²) in [6.07, 6.45) is 1.66. The molecular formula is C23H22N4O. The van der Waals surface area contributed by atoms with Crippen LogP contribution in [0.2, 0.25) is 0 Å². The number of hydrogen-bond donors (Lipinski definition) is 1. The number of piperazine rings is 1. The molecule has 2 heterocycles. The van der Waals surface area contributed by atoms with Gasteiger partial charge in [-0.15, -0.1) is 0 Å². The van der Waals surface area contributed by atoms with E-state index in [0.717, 1.165) is 32.0 Å². The molecular weight excluding hydrogens is 348 g/mol. The van der Waals surface area contributed by atoms with Crippen LogP contribution in [0.1, 0.15) is 27.5 Å². The zero-order valence-corrected chi connectivity index (χ0v) is 15.6. The Labute approximate surface area is 164 Å². The summed E-state index contributed by atoms with van der Waals surface area (Å²) in [5.74, 6) is 0.407. The summed E-state index contributed by atoms with van der Waals surface area (Å²) in [4.78, 5) is 20.7. The number of pyridine rings is 1. The van der Waals surface area contributed by atoms with Crippen molar-refractivity contribution >= 4 is 11.7 Å². The van der Waals surface area contributed by atoms with Gasteiger partial charge in [-0.25, -0.2) is 4.98 Å². The predicted octanol–water partition coefficient (Wildman–Crippen LogP) is 3.07. The molecule has 1 aliphatic heterocycles. The van der Waals surface area contributed by atoms with Gasteiger partial charge in [-0.05, 0) is 34.4 Å². The maximum atomic E-state index is 11.5. The highest BCUT2D eigenvalue weighted by Crippen LogP contribution is 2.46. The topological polar surface area (TPSA) is 62.5 Å². The van der Waals surface area contributed by atoms with E-state index in [1.54, 1.807) is 18.3 Å². The lowest BCUT2D eigenvalue weighted by Gasteiger charge is -2.39. The van der Waals surface area contributed by atoms with Gasteiger partial charge in [0, 0.05) is 37.9 Å². The number of carbonyl (C=O) groups is 1. The summed E-state index contributed by atoms with van der Waals surface area (Å²) >= 11 is 0. The minimum Gasteiger partial charge on any atom is -0.366 e. The van der Waals surface area contributed by atoms with Crippen molar-refractivity contribution in [3.63, 3.8) is 0 Å². The van der Waals surface area contributed by atoms with Crippen molar-refractivity contribution in [1.82, 2.24) is 9.88 Å². The fourth-order valence-electron chi connectivity index (χ4n) is 4.48. The Morgan fingerprint density at radius 3 is 2.11 bits per heavy atom. The lowest BCUT2D eigenvalue weighted by Crippen LogP contribution is -2.48. The second kappa shape index (κ2) is 6.77. The van der Waals surface area contributed by atoms with Crippen molar-refractivity contribution < 1.29 is 4.79 Å². The summed E-state index contributed by atoms with van der Waals surface area (Å²) in [6, 6.07) is 21.2. The van der Waals surface area contributed by atoms with E-state index < -0.39 is 5.91 Å². The monoisotopic (exact) mass is 370 g/mol. The number of rotatable bonds is 3. The number of nitrogens with zero attached hydrogens (tertiary/aromatic N) is 3. The predicted molar refractivity (Wildman–Crippen MR) is 110 cm³/mol. The first-order chi connectivity index (χ1) is 13.7. The summed E-state index contributed by atoms with van der Waals surface area (Å²) < 4.78 is 0. The van der Waals surface area contributed by atoms with Crippen molar-refractivity contribution in [3.05, 3.63) is 83.6 Å². The summed E-state index contributed by atoms with van der Waals surface area (Å²) in [5.41, 5.74) is 11.4. The molecule has 1 aromatic heterocycles. The number of amides is 1. The van der Waals surface area contributed by atoms with Gasteiger partial charge in [-0.1, -0.05) is 48.5 Å². The van der Waals surface area contributed by atoms with Crippen LogP contribution >= 0.6 is 0 Å². The molecule has 140 valence electrons. The van der Waals surface area contributed by atoms with Gasteiger partial charge in [-0.3, -0.25) is 9.69 Å². The number of nitrogens with two attached hydrogens (primary N) is 1. The molecule has 0 atom stereocenters. The molecule has 28 heavy (non-hydrogen) atoms. The van der Waals surface area contributed by atoms with Crippen LogP contribution in [0.5, 0.6) is 0 Å². The highest BCUT2D eigenvalue weighted by atomic mass is 16.1. The zero-order valence-electron chi connectivity index (χ0n) is 15.6. The van der Waals surface area contributed by atoms with E-state index in [2.05, 4.69) is 63.3 Å². The number of primary amides is 1. The maximum absolute atomic E-state index is 11.5. The number of carbonyl (C=O) groups excluding carboxylic acids is 1. The normalized spacial score (nSPS) is 16.6. The van der Waals surface area contributed by atoms with Crippen LogP contribution in [0, 0.1) is 0 Å². The third-order valence-electron chi connectivity index (χ3n) is 5.83. The second-order valence-corrected chi connectivity index (χ2v) is 7.37.